The van der Waals surface area contributed by atoms with Gasteiger partial charge in [-0.05, 0) is 18.8 Å². The van der Waals surface area contributed by atoms with Crippen LogP contribution in [0.5, 0.6) is 0 Å². The molecule has 1 aliphatic rings. The van der Waals surface area contributed by atoms with E-state index in [9.17, 15) is 0 Å². The summed E-state index contributed by atoms with van der Waals surface area (Å²) in [7, 11) is 0. The fraction of sp³-hybridized carbons (Fsp3) is 0.450. The fourth-order valence-electron chi connectivity index (χ4n) is 3.90. The number of benzene rings is 1. The lowest BCUT2D eigenvalue weighted by atomic mass is 9.97. The Balaban J connectivity index is 1.73. The maximum atomic E-state index is 4.77. The molecule has 0 radical (unpaired) electrons. The van der Waals surface area contributed by atoms with Crippen LogP contribution in [-0.2, 0) is 19.5 Å². The minimum Gasteiger partial charge on any atom is -0.326 e. The quantitative estimate of drug-likeness (QED) is 0.683. The van der Waals surface area contributed by atoms with E-state index in [4.69, 9.17) is 4.98 Å². The van der Waals surface area contributed by atoms with Crippen LogP contribution in [0.4, 0.5) is 0 Å². The van der Waals surface area contributed by atoms with Crippen molar-refractivity contribution in [1.29, 1.82) is 0 Å². The van der Waals surface area contributed by atoms with E-state index in [1.807, 2.05) is 6.33 Å². The molecule has 3 heterocycles. The van der Waals surface area contributed by atoms with E-state index in [0.29, 0.717) is 5.92 Å². The largest absolute Gasteiger partial charge is 0.326 e. The number of aromatic nitrogens is 5. The molecule has 130 valence electrons. The molecule has 0 aliphatic carbocycles. The van der Waals surface area contributed by atoms with Gasteiger partial charge in [0.2, 0.25) is 0 Å². The number of rotatable bonds is 6. The molecule has 0 N–H and O–H groups in total. The van der Waals surface area contributed by atoms with Crippen molar-refractivity contribution in [2.75, 3.05) is 0 Å². The standard InChI is InChI=1S/C20H25N5/c1-3-8-15(2)20-19(16-9-5-4-6-10-16)21-14-24(20)13-18-23-22-17-11-7-12-25(17)18/h4-6,9-10,14-15H,3,7-8,11-13H2,1-2H3/t15-/m1/s1. The number of fused-ring (bicyclic) bond motifs is 1. The summed E-state index contributed by atoms with van der Waals surface area (Å²) in [6.07, 6.45) is 6.52. The van der Waals surface area contributed by atoms with Gasteiger partial charge in [-0.3, -0.25) is 0 Å². The molecule has 0 saturated heterocycles. The Hall–Kier alpha value is -2.43. The molecule has 1 atom stereocenters. The first-order valence-corrected chi connectivity index (χ1v) is 9.29. The molecule has 3 aromatic rings. The topological polar surface area (TPSA) is 48.5 Å². The highest BCUT2D eigenvalue weighted by molar-refractivity contribution is 5.62. The number of nitrogens with zero attached hydrogens (tertiary/aromatic N) is 5. The second-order valence-electron chi connectivity index (χ2n) is 6.95. The normalized spacial score (nSPS) is 14.6. The molecule has 0 bridgehead atoms. The zero-order chi connectivity index (χ0) is 17.2. The first kappa shape index (κ1) is 16.1. The van der Waals surface area contributed by atoms with Gasteiger partial charge in [0.1, 0.15) is 5.82 Å². The molecule has 0 unspecified atom stereocenters. The molecule has 5 nitrogen and oxygen atoms in total. The highest BCUT2D eigenvalue weighted by Crippen LogP contribution is 2.31. The Morgan fingerprint density at radius 2 is 2.00 bits per heavy atom. The zero-order valence-corrected chi connectivity index (χ0v) is 15.0. The molecule has 2 aromatic heterocycles. The van der Waals surface area contributed by atoms with Crippen LogP contribution >= 0.6 is 0 Å². The number of hydrogen-bond acceptors (Lipinski definition) is 3. The summed E-state index contributed by atoms with van der Waals surface area (Å²) in [5.74, 6) is 2.64. The summed E-state index contributed by atoms with van der Waals surface area (Å²) in [5.41, 5.74) is 3.59. The predicted molar refractivity (Wildman–Crippen MR) is 98.4 cm³/mol. The smallest absolute Gasteiger partial charge is 0.153 e. The Morgan fingerprint density at radius 3 is 2.80 bits per heavy atom. The van der Waals surface area contributed by atoms with Crippen molar-refractivity contribution in [3.8, 4) is 11.3 Å². The highest BCUT2D eigenvalue weighted by atomic mass is 15.3. The van der Waals surface area contributed by atoms with Crippen LogP contribution in [0.15, 0.2) is 36.7 Å². The van der Waals surface area contributed by atoms with E-state index in [1.165, 1.54) is 24.1 Å². The van der Waals surface area contributed by atoms with Crippen molar-refractivity contribution in [2.24, 2.45) is 0 Å². The third-order valence-corrected chi connectivity index (χ3v) is 5.11. The van der Waals surface area contributed by atoms with E-state index in [0.717, 1.165) is 43.3 Å². The molecule has 0 spiro atoms. The van der Waals surface area contributed by atoms with Gasteiger partial charge in [-0.25, -0.2) is 4.98 Å². The summed E-state index contributed by atoms with van der Waals surface area (Å²) in [6.45, 7) is 6.33. The van der Waals surface area contributed by atoms with Crippen LogP contribution in [0.1, 0.15) is 56.4 Å². The van der Waals surface area contributed by atoms with E-state index in [2.05, 4.69) is 63.5 Å². The van der Waals surface area contributed by atoms with Crippen LogP contribution in [-0.4, -0.2) is 24.3 Å². The molecular formula is C20H25N5. The third kappa shape index (κ3) is 2.99. The molecule has 1 aromatic carbocycles. The first-order chi connectivity index (χ1) is 12.3. The monoisotopic (exact) mass is 335 g/mol. The average Bonchev–Trinajstić information content (AvgIpc) is 3.33. The van der Waals surface area contributed by atoms with Gasteiger partial charge in [0.25, 0.3) is 0 Å². The van der Waals surface area contributed by atoms with Crippen molar-refractivity contribution in [3.05, 3.63) is 54.0 Å². The molecule has 0 fully saturated rings. The molecule has 5 heteroatoms. The van der Waals surface area contributed by atoms with Crippen molar-refractivity contribution in [1.82, 2.24) is 24.3 Å². The van der Waals surface area contributed by atoms with E-state index >= 15 is 0 Å². The molecule has 0 amide bonds. The molecular weight excluding hydrogens is 310 g/mol. The van der Waals surface area contributed by atoms with Crippen molar-refractivity contribution in [3.63, 3.8) is 0 Å². The minimum atomic E-state index is 0.462. The summed E-state index contributed by atoms with van der Waals surface area (Å²) in [4.78, 5) is 4.77. The summed E-state index contributed by atoms with van der Waals surface area (Å²) in [6, 6.07) is 10.5. The number of aryl methyl sites for hydroxylation is 1. The third-order valence-electron chi connectivity index (χ3n) is 5.11. The van der Waals surface area contributed by atoms with Gasteiger partial charge < -0.3 is 9.13 Å². The van der Waals surface area contributed by atoms with Gasteiger partial charge in [0.15, 0.2) is 5.82 Å². The first-order valence-electron chi connectivity index (χ1n) is 9.29. The van der Waals surface area contributed by atoms with Gasteiger partial charge in [0, 0.05) is 24.2 Å². The molecule has 25 heavy (non-hydrogen) atoms. The maximum absolute atomic E-state index is 4.77. The van der Waals surface area contributed by atoms with Crippen LogP contribution in [0.2, 0.25) is 0 Å². The lowest BCUT2D eigenvalue weighted by Crippen LogP contribution is -2.11. The van der Waals surface area contributed by atoms with Crippen LogP contribution in [0, 0.1) is 0 Å². The minimum absolute atomic E-state index is 0.462. The van der Waals surface area contributed by atoms with E-state index < -0.39 is 0 Å². The Labute approximate surface area is 148 Å². The Kier molecular flexibility index (Phi) is 4.38. The summed E-state index contributed by atoms with van der Waals surface area (Å²) in [5, 5.41) is 8.77. The SMILES string of the molecule is CCC[C@@H](C)c1c(-c2ccccc2)ncn1Cc1nnc2n1CCC2. The average molecular weight is 335 g/mol. The van der Waals surface area contributed by atoms with E-state index in [-0.39, 0.29) is 0 Å². The van der Waals surface area contributed by atoms with Gasteiger partial charge >= 0.3 is 0 Å². The van der Waals surface area contributed by atoms with Crippen molar-refractivity contribution < 1.29 is 0 Å². The van der Waals surface area contributed by atoms with Crippen molar-refractivity contribution >= 4 is 0 Å². The second kappa shape index (κ2) is 6.82. The highest BCUT2D eigenvalue weighted by Gasteiger charge is 2.22. The Bertz CT molecular complexity index is 846. The summed E-state index contributed by atoms with van der Waals surface area (Å²) >= 11 is 0. The second-order valence-corrected chi connectivity index (χ2v) is 6.95. The number of hydrogen-bond donors (Lipinski definition) is 0. The zero-order valence-electron chi connectivity index (χ0n) is 15.0. The predicted octanol–water partition coefficient (Wildman–Crippen LogP) is 4.04. The number of imidazole rings is 1. The lowest BCUT2D eigenvalue weighted by Gasteiger charge is -2.16. The van der Waals surface area contributed by atoms with Gasteiger partial charge in [-0.1, -0.05) is 50.6 Å². The van der Waals surface area contributed by atoms with E-state index in [1.54, 1.807) is 0 Å². The maximum Gasteiger partial charge on any atom is 0.153 e. The van der Waals surface area contributed by atoms with Crippen molar-refractivity contribution in [2.45, 2.75) is 58.5 Å². The van der Waals surface area contributed by atoms with Gasteiger partial charge in [-0.15, -0.1) is 10.2 Å². The van der Waals surface area contributed by atoms with Gasteiger partial charge in [0.05, 0.1) is 18.6 Å². The molecule has 0 saturated carbocycles. The molecule has 1 aliphatic heterocycles. The van der Waals surface area contributed by atoms with Gasteiger partial charge in [-0.2, -0.15) is 0 Å². The van der Waals surface area contributed by atoms with Crippen LogP contribution in [0.3, 0.4) is 0 Å². The summed E-state index contributed by atoms with van der Waals surface area (Å²) < 4.78 is 4.55. The molecule has 4 rings (SSSR count). The fourth-order valence-corrected chi connectivity index (χ4v) is 3.90. The Morgan fingerprint density at radius 1 is 1.16 bits per heavy atom. The van der Waals surface area contributed by atoms with Crippen LogP contribution < -0.4 is 0 Å². The van der Waals surface area contributed by atoms with Crippen LogP contribution in [0.25, 0.3) is 11.3 Å². The lowest BCUT2D eigenvalue weighted by molar-refractivity contribution is 0.581.